The van der Waals surface area contributed by atoms with E-state index in [2.05, 4.69) is 23.2 Å². The molecule has 4 aliphatic rings. The molecule has 3 aliphatic heterocycles. The molecule has 10 rings (SSSR count). The van der Waals surface area contributed by atoms with Crippen LogP contribution in [0, 0.1) is 17.8 Å². The fraction of sp³-hybridized carbons (Fsp3) is 0.278. The van der Waals surface area contributed by atoms with Crippen molar-refractivity contribution in [2.24, 2.45) is 5.92 Å². The minimum Gasteiger partial charge on any atom is -0.491 e. The van der Waals surface area contributed by atoms with Gasteiger partial charge in [-0.15, -0.1) is 0 Å². The maximum atomic E-state index is 16.4. The molecule has 4 heterocycles. The minimum atomic E-state index is -2.03. The van der Waals surface area contributed by atoms with Gasteiger partial charge in [-0.05, 0) is 96.0 Å². The second-order valence-electron chi connectivity index (χ2n) is 17.1. The lowest BCUT2D eigenvalue weighted by Crippen LogP contribution is -2.54. The first kappa shape index (κ1) is 44.7. The van der Waals surface area contributed by atoms with Gasteiger partial charge in [0, 0.05) is 12.7 Å². The number of esters is 1. The standard InChI is InChI=1S/C54H48N4O9S/c1-64-31-32-66-53(63)57-42-28-23-35(22-21-34-13-5-2-6-14-34)33-40(42)54(51(57)62)44(49(60)56-52-55-41-19-11-12-20-43(41)68-52)46-50(61)67-47(37-17-9-4-10-18-37)45(36-15-7-3-8-16-36)58(46)48(54)38-24-26-39(27-25-38)65-30-29-59/h3-4,7-13,15-20,23-28,33,44-48,59H,2,5-6,14,29-32H2,1H3,(H,55,56,60). The van der Waals surface area contributed by atoms with Gasteiger partial charge >= 0.3 is 12.1 Å². The van der Waals surface area contributed by atoms with Gasteiger partial charge in [0.15, 0.2) is 5.13 Å². The van der Waals surface area contributed by atoms with E-state index in [9.17, 15) is 9.90 Å². The van der Waals surface area contributed by atoms with Gasteiger partial charge in [0.1, 0.15) is 36.5 Å². The number of carbonyl (C=O) groups is 4. The van der Waals surface area contributed by atoms with Crippen molar-refractivity contribution in [3.8, 4) is 17.6 Å². The number of anilines is 2. The molecule has 2 N–H and O–H groups in total. The number of ether oxygens (including phenoxy) is 4. The van der Waals surface area contributed by atoms with Gasteiger partial charge in [0.05, 0.1) is 47.1 Å². The van der Waals surface area contributed by atoms with Crippen LogP contribution in [0.1, 0.15) is 71.7 Å². The number of para-hydroxylation sites is 1. The second kappa shape index (κ2) is 19.2. The molecule has 6 unspecified atom stereocenters. The summed E-state index contributed by atoms with van der Waals surface area (Å²) in [5, 5.41) is 12.9. The Labute approximate surface area is 397 Å². The number of hydrogen-bond donors (Lipinski definition) is 2. The number of fused-ring (bicyclic) bond motifs is 4. The van der Waals surface area contributed by atoms with Crippen LogP contribution >= 0.6 is 11.3 Å². The second-order valence-corrected chi connectivity index (χ2v) is 18.1. The number of hydrogen-bond acceptors (Lipinski definition) is 12. The third-order valence-electron chi connectivity index (χ3n) is 13.2. The number of cyclic esters (lactones) is 1. The molecule has 344 valence electrons. The van der Waals surface area contributed by atoms with Crippen LogP contribution in [0.2, 0.25) is 0 Å². The maximum Gasteiger partial charge on any atom is 0.421 e. The van der Waals surface area contributed by atoms with Gasteiger partial charge in [-0.2, -0.15) is 0 Å². The molecule has 1 aliphatic carbocycles. The Bertz CT molecular complexity index is 2930. The summed E-state index contributed by atoms with van der Waals surface area (Å²) in [6.45, 7) is -0.253. The van der Waals surface area contributed by atoms with Crippen molar-refractivity contribution in [2.75, 3.05) is 43.8 Å². The monoisotopic (exact) mass is 928 g/mol. The fourth-order valence-corrected chi connectivity index (χ4v) is 11.2. The Morgan fingerprint density at radius 1 is 0.853 bits per heavy atom. The van der Waals surface area contributed by atoms with Gasteiger partial charge in [0.2, 0.25) is 11.8 Å². The molecule has 2 fully saturated rings. The zero-order chi connectivity index (χ0) is 46.8. The number of nitrogens with one attached hydrogen (secondary N) is 1. The number of rotatable bonds is 11. The molecule has 3 amide bonds. The molecule has 6 aromatic rings. The van der Waals surface area contributed by atoms with E-state index in [1.54, 1.807) is 42.5 Å². The van der Waals surface area contributed by atoms with Crippen molar-refractivity contribution in [1.82, 2.24) is 9.88 Å². The first-order valence-electron chi connectivity index (χ1n) is 22.8. The number of benzene rings is 5. The van der Waals surface area contributed by atoms with Crippen LogP contribution < -0.4 is 15.0 Å². The Kier molecular flexibility index (Phi) is 12.6. The van der Waals surface area contributed by atoms with E-state index >= 15 is 14.4 Å². The predicted molar refractivity (Wildman–Crippen MR) is 256 cm³/mol. The van der Waals surface area contributed by atoms with E-state index in [1.807, 2.05) is 89.8 Å². The number of aliphatic hydroxyl groups is 1. The number of morpholine rings is 1. The van der Waals surface area contributed by atoms with Crippen LogP contribution in [0.4, 0.5) is 15.6 Å². The first-order valence-corrected chi connectivity index (χ1v) is 23.6. The van der Waals surface area contributed by atoms with Crippen molar-refractivity contribution in [1.29, 1.82) is 0 Å². The van der Waals surface area contributed by atoms with Crippen molar-refractivity contribution in [3.05, 3.63) is 167 Å². The molecule has 5 aromatic carbocycles. The van der Waals surface area contributed by atoms with Crippen molar-refractivity contribution in [2.45, 2.75) is 55.3 Å². The van der Waals surface area contributed by atoms with Crippen molar-refractivity contribution < 1.29 is 43.2 Å². The zero-order valence-electron chi connectivity index (χ0n) is 37.2. The number of aromatic nitrogens is 1. The summed E-state index contributed by atoms with van der Waals surface area (Å²) < 4.78 is 24.2. The number of methoxy groups -OCH3 is 1. The first-order chi connectivity index (χ1) is 33.3. The summed E-state index contributed by atoms with van der Waals surface area (Å²) in [6, 6.07) is 35.4. The fourth-order valence-electron chi connectivity index (χ4n) is 10.4. The zero-order valence-corrected chi connectivity index (χ0v) is 38.0. The highest BCUT2D eigenvalue weighted by Crippen LogP contribution is 2.66. The smallest absolute Gasteiger partial charge is 0.421 e. The molecule has 6 atom stereocenters. The summed E-state index contributed by atoms with van der Waals surface area (Å²) in [5.74, 6) is 3.41. The van der Waals surface area contributed by atoms with Crippen LogP contribution in [0.25, 0.3) is 10.2 Å². The summed E-state index contributed by atoms with van der Waals surface area (Å²) >= 11 is 1.26. The van der Waals surface area contributed by atoms with E-state index < -0.39 is 59.4 Å². The summed E-state index contributed by atoms with van der Waals surface area (Å²) in [4.78, 5) is 70.0. The number of imide groups is 1. The SMILES string of the molecule is COCCOC(=O)N1C(=O)C2(c3cc(C#CC4=CCCCC4)ccc31)C(C(=O)Nc1nc3ccccc3s1)C1C(=O)OC(c3ccccc3)C(c3ccccc3)N1C2c1ccc(OCCO)cc1. The Morgan fingerprint density at radius 3 is 2.32 bits per heavy atom. The Balaban J connectivity index is 1.26. The number of thiazole rings is 1. The van der Waals surface area contributed by atoms with E-state index in [0.29, 0.717) is 33.5 Å². The average Bonchev–Trinajstić information content (AvgIpc) is 4.01. The molecule has 1 aromatic heterocycles. The van der Waals surface area contributed by atoms with E-state index in [-0.39, 0.29) is 37.2 Å². The van der Waals surface area contributed by atoms with E-state index in [0.717, 1.165) is 46.4 Å². The quantitative estimate of drug-likeness (QED) is 0.0729. The predicted octanol–water partition coefficient (Wildman–Crippen LogP) is 8.61. The summed E-state index contributed by atoms with van der Waals surface area (Å²) in [6.07, 6.45) is 4.16. The lowest BCUT2D eigenvalue weighted by Gasteiger charge is -2.46. The number of nitrogens with zero attached hydrogens (tertiary/aromatic N) is 3. The van der Waals surface area contributed by atoms with Crippen LogP contribution in [0.3, 0.4) is 0 Å². The Hall–Kier alpha value is -7.15. The number of carbonyl (C=O) groups excluding carboxylic acids is 4. The topological polar surface area (TPSA) is 157 Å². The van der Waals surface area contributed by atoms with Crippen LogP contribution in [-0.2, 0) is 34.0 Å². The molecule has 0 bridgehead atoms. The van der Waals surface area contributed by atoms with Crippen LogP contribution in [0.15, 0.2) is 139 Å². The third-order valence-corrected chi connectivity index (χ3v) is 14.1. The van der Waals surface area contributed by atoms with Crippen LogP contribution in [-0.4, -0.2) is 78.4 Å². The molecule has 2 saturated heterocycles. The molecule has 14 heteroatoms. The van der Waals surface area contributed by atoms with Gasteiger partial charge in [-0.3, -0.25) is 19.3 Å². The molecule has 1 spiro atoms. The van der Waals surface area contributed by atoms with Crippen molar-refractivity contribution >= 4 is 56.2 Å². The molecule has 0 saturated carbocycles. The van der Waals surface area contributed by atoms with E-state index in [4.69, 9.17) is 23.9 Å². The molecular formula is C54H48N4O9S. The van der Waals surface area contributed by atoms with Crippen LogP contribution in [0.5, 0.6) is 5.75 Å². The summed E-state index contributed by atoms with van der Waals surface area (Å²) in [5.41, 5.74) is 2.69. The van der Waals surface area contributed by atoms with Gasteiger partial charge in [0.25, 0.3) is 0 Å². The summed E-state index contributed by atoms with van der Waals surface area (Å²) in [7, 11) is 1.48. The van der Waals surface area contributed by atoms with E-state index in [1.165, 1.54) is 18.4 Å². The van der Waals surface area contributed by atoms with Gasteiger partial charge < -0.3 is 29.4 Å². The number of allylic oxidation sites excluding steroid dienone is 2. The maximum absolute atomic E-state index is 16.4. The largest absolute Gasteiger partial charge is 0.491 e. The Morgan fingerprint density at radius 2 is 1.60 bits per heavy atom. The lowest BCUT2D eigenvalue weighted by atomic mass is 9.65. The van der Waals surface area contributed by atoms with Gasteiger partial charge in [-0.1, -0.05) is 114 Å². The molecule has 0 radical (unpaired) electrons. The van der Waals surface area contributed by atoms with Crippen molar-refractivity contribution in [3.63, 3.8) is 0 Å². The normalized spacial score (nSPS) is 23.0. The molecular weight excluding hydrogens is 881 g/mol. The minimum absolute atomic E-state index is 0.0440. The highest BCUT2D eigenvalue weighted by atomic mass is 32.1. The highest BCUT2D eigenvalue weighted by Gasteiger charge is 2.76. The molecule has 13 nitrogen and oxygen atoms in total. The number of amides is 3. The lowest BCUT2D eigenvalue weighted by molar-refractivity contribution is -0.177. The third kappa shape index (κ3) is 8.01. The highest BCUT2D eigenvalue weighted by molar-refractivity contribution is 7.22. The molecule has 68 heavy (non-hydrogen) atoms. The number of aliphatic hydroxyl groups excluding tert-OH is 1. The average molecular weight is 929 g/mol. The van der Waals surface area contributed by atoms with Gasteiger partial charge in [-0.25, -0.2) is 14.7 Å².